The summed E-state index contributed by atoms with van der Waals surface area (Å²) in [4.78, 5) is 11.9. The van der Waals surface area contributed by atoms with Gasteiger partial charge in [0.2, 0.25) is 0 Å². The molecule has 2 N–H and O–H groups in total. The van der Waals surface area contributed by atoms with Crippen LogP contribution in [0.2, 0.25) is 0 Å². The number of hydrogen-bond acceptors (Lipinski definition) is 4. The van der Waals surface area contributed by atoms with Crippen molar-refractivity contribution in [3.05, 3.63) is 0 Å². The van der Waals surface area contributed by atoms with Crippen molar-refractivity contribution in [2.45, 2.75) is 43.4 Å². The zero-order valence-corrected chi connectivity index (χ0v) is 10.6. The Hall–Kier alpha value is -0.330. The Kier molecular flexibility index (Phi) is 2.72. The van der Waals surface area contributed by atoms with E-state index in [0.29, 0.717) is 23.1 Å². The van der Waals surface area contributed by atoms with Crippen molar-refractivity contribution in [2.75, 3.05) is 0 Å². The molecule has 0 heterocycles. The van der Waals surface area contributed by atoms with Crippen molar-refractivity contribution >= 4 is 27.7 Å². The van der Waals surface area contributed by atoms with E-state index in [1.165, 1.54) is 0 Å². The van der Waals surface area contributed by atoms with Crippen molar-refractivity contribution in [3.8, 4) is 0 Å². The highest BCUT2D eigenvalue weighted by atomic mass is 35.5. The maximum atomic E-state index is 11.9. The van der Waals surface area contributed by atoms with Crippen molar-refractivity contribution in [2.24, 2.45) is 11.7 Å². The molecule has 7 heteroatoms. The van der Waals surface area contributed by atoms with Gasteiger partial charge in [0.1, 0.15) is 5.54 Å². The van der Waals surface area contributed by atoms with Crippen LogP contribution in [-0.4, -0.2) is 28.9 Å². The largest absolute Gasteiger partial charge is 0.317 e. The van der Waals surface area contributed by atoms with Crippen LogP contribution in [-0.2, 0) is 14.8 Å². The van der Waals surface area contributed by atoms with Crippen molar-refractivity contribution in [1.82, 2.24) is 3.82 Å². The number of nitrogens with zero attached hydrogens (tertiary/aromatic N) is 1. The van der Waals surface area contributed by atoms with Crippen LogP contribution in [0.5, 0.6) is 0 Å². The third-order valence-corrected chi connectivity index (χ3v) is 6.03. The molecule has 92 valence electrons. The normalized spacial score (nSPS) is 33.6. The van der Waals surface area contributed by atoms with Gasteiger partial charge in [-0.05, 0) is 25.2 Å². The Morgan fingerprint density at radius 1 is 1.56 bits per heavy atom. The van der Waals surface area contributed by atoms with Crippen LogP contribution in [0.4, 0.5) is 0 Å². The van der Waals surface area contributed by atoms with Crippen LogP contribution in [0.3, 0.4) is 0 Å². The van der Waals surface area contributed by atoms with Crippen LogP contribution >= 0.6 is 11.8 Å². The fraction of sp³-hybridized carbons (Fsp3) is 0.889. The van der Waals surface area contributed by atoms with Gasteiger partial charge in [-0.15, -0.1) is 3.82 Å². The molecule has 2 atom stereocenters. The first-order valence-electron chi connectivity index (χ1n) is 5.37. The summed E-state index contributed by atoms with van der Waals surface area (Å²) in [5, 5.41) is -0.489. The predicted octanol–water partition coefficient (Wildman–Crippen LogP) is 0.588. The van der Waals surface area contributed by atoms with E-state index in [1.807, 2.05) is 6.92 Å². The molecule has 0 spiro atoms. The molecule has 16 heavy (non-hydrogen) atoms. The molecule has 2 aliphatic rings. The molecule has 0 saturated heterocycles. The van der Waals surface area contributed by atoms with E-state index in [4.69, 9.17) is 17.5 Å². The smallest absolute Gasteiger partial charge is 0.271 e. The topological polar surface area (TPSA) is 80.5 Å². The summed E-state index contributed by atoms with van der Waals surface area (Å²) < 4.78 is 23.8. The predicted molar refractivity (Wildman–Crippen MR) is 60.0 cm³/mol. The summed E-state index contributed by atoms with van der Waals surface area (Å²) in [6, 6.07) is 0. The maximum Gasteiger partial charge on any atom is 0.271 e. The Morgan fingerprint density at radius 3 is 2.50 bits per heavy atom. The molecule has 2 aliphatic carbocycles. The number of rotatable bonds is 4. The molecule has 5 nitrogen and oxygen atoms in total. The van der Waals surface area contributed by atoms with E-state index in [9.17, 15) is 13.2 Å². The third kappa shape index (κ3) is 1.72. The van der Waals surface area contributed by atoms with Gasteiger partial charge in [0, 0.05) is 11.8 Å². The molecule has 0 unspecified atom stereocenters. The molecule has 2 rings (SSSR count). The number of nitrogens with two attached hydrogens (primary N) is 1. The van der Waals surface area contributed by atoms with Gasteiger partial charge in [-0.1, -0.05) is 13.3 Å². The number of carbonyl (C=O) groups is 1. The fourth-order valence-electron chi connectivity index (χ4n) is 1.90. The van der Waals surface area contributed by atoms with E-state index in [-0.39, 0.29) is 5.92 Å². The van der Waals surface area contributed by atoms with Gasteiger partial charge in [-0.3, -0.25) is 4.79 Å². The van der Waals surface area contributed by atoms with Crippen molar-refractivity contribution < 1.29 is 13.2 Å². The lowest BCUT2D eigenvalue weighted by Crippen LogP contribution is -2.46. The first-order valence-corrected chi connectivity index (χ1v) is 7.21. The van der Waals surface area contributed by atoms with Crippen LogP contribution in [0.25, 0.3) is 0 Å². The van der Waals surface area contributed by atoms with Crippen LogP contribution in [0, 0.1) is 5.92 Å². The Balaban J connectivity index is 2.11. The summed E-state index contributed by atoms with van der Waals surface area (Å²) >= 11 is 5.62. The van der Waals surface area contributed by atoms with Gasteiger partial charge in [0.25, 0.3) is 15.9 Å². The van der Waals surface area contributed by atoms with E-state index in [1.54, 1.807) is 0 Å². The standard InChI is InChI=1S/C9H15ClN2O3S/c1-2-6-5-9(6,11)8(13)12(10)16(14,15)7-3-4-7/h6-7H,2-5,11H2,1H3/t6-,9+/m0/s1. The molecule has 0 aromatic heterocycles. The van der Waals surface area contributed by atoms with Gasteiger partial charge in [-0.25, -0.2) is 8.42 Å². The molecule has 0 aromatic rings. The Morgan fingerprint density at radius 2 is 2.12 bits per heavy atom. The number of sulfonamides is 1. The van der Waals surface area contributed by atoms with E-state index < -0.39 is 26.7 Å². The zero-order valence-electron chi connectivity index (χ0n) is 9.02. The van der Waals surface area contributed by atoms with Gasteiger partial charge < -0.3 is 5.73 Å². The quantitative estimate of drug-likeness (QED) is 0.755. The molecule has 0 radical (unpaired) electrons. The van der Waals surface area contributed by atoms with E-state index in [0.717, 1.165) is 6.42 Å². The molecule has 0 bridgehead atoms. The Bertz CT molecular complexity index is 420. The molecular weight excluding hydrogens is 252 g/mol. The highest BCUT2D eigenvalue weighted by Crippen LogP contribution is 2.46. The third-order valence-electron chi connectivity index (χ3n) is 3.37. The summed E-state index contributed by atoms with van der Waals surface area (Å²) in [6.07, 6.45) is 2.43. The van der Waals surface area contributed by atoms with Crippen LogP contribution < -0.4 is 5.73 Å². The van der Waals surface area contributed by atoms with Crippen molar-refractivity contribution in [3.63, 3.8) is 0 Å². The number of amides is 1. The zero-order chi connectivity index (χ0) is 12.1. The lowest BCUT2D eigenvalue weighted by molar-refractivity contribution is -0.126. The first kappa shape index (κ1) is 12.1. The summed E-state index contributed by atoms with van der Waals surface area (Å²) in [7, 11) is -3.67. The van der Waals surface area contributed by atoms with Crippen LogP contribution in [0.15, 0.2) is 0 Å². The van der Waals surface area contributed by atoms with E-state index in [2.05, 4.69) is 0 Å². The molecular formula is C9H15ClN2O3S. The monoisotopic (exact) mass is 266 g/mol. The lowest BCUT2D eigenvalue weighted by atomic mass is 10.2. The lowest BCUT2D eigenvalue weighted by Gasteiger charge is -2.18. The average molecular weight is 267 g/mol. The second-order valence-corrected chi connectivity index (χ2v) is 7.21. The average Bonchev–Trinajstić information content (AvgIpc) is 3.09. The minimum absolute atomic E-state index is 0.0515. The van der Waals surface area contributed by atoms with Gasteiger partial charge in [0.15, 0.2) is 0 Å². The summed E-state index contributed by atoms with van der Waals surface area (Å²) in [5.74, 6) is -0.622. The molecule has 2 saturated carbocycles. The number of hydrogen-bond donors (Lipinski definition) is 1. The van der Waals surface area contributed by atoms with Gasteiger partial charge in [0.05, 0.1) is 5.25 Å². The Labute approximate surface area is 100 Å². The molecule has 0 aromatic carbocycles. The highest BCUT2D eigenvalue weighted by molar-refractivity contribution is 7.91. The first-order chi connectivity index (χ1) is 7.34. The highest BCUT2D eigenvalue weighted by Gasteiger charge is 2.59. The SMILES string of the molecule is CC[C@H]1C[C@]1(N)C(=O)N(Cl)S(=O)(=O)C1CC1. The van der Waals surface area contributed by atoms with E-state index >= 15 is 0 Å². The minimum Gasteiger partial charge on any atom is -0.317 e. The summed E-state index contributed by atoms with van der Waals surface area (Å²) in [6.45, 7) is 1.92. The van der Waals surface area contributed by atoms with Crippen LogP contribution in [0.1, 0.15) is 32.6 Å². The molecule has 2 fully saturated rings. The van der Waals surface area contributed by atoms with Crippen molar-refractivity contribution in [1.29, 1.82) is 0 Å². The fourth-order valence-corrected chi connectivity index (χ4v) is 3.79. The minimum atomic E-state index is -3.67. The molecule has 0 aliphatic heterocycles. The second-order valence-electron chi connectivity index (χ2n) is 4.61. The summed E-state index contributed by atoms with van der Waals surface area (Å²) in [5.41, 5.74) is 4.77. The number of halogens is 1. The second kappa shape index (κ2) is 3.58. The van der Waals surface area contributed by atoms with Gasteiger partial charge in [-0.2, -0.15) is 0 Å². The number of carbonyl (C=O) groups excluding carboxylic acids is 1. The molecule has 1 amide bonds. The van der Waals surface area contributed by atoms with Gasteiger partial charge >= 0.3 is 0 Å². The maximum absolute atomic E-state index is 11.9.